The Balaban J connectivity index is 2.25. The Bertz CT molecular complexity index is 638. The van der Waals surface area contributed by atoms with Crippen LogP contribution in [0.3, 0.4) is 0 Å². The summed E-state index contributed by atoms with van der Waals surface area (Å²) in [6.45, 7) is 1.92. The minimum absolute atomic E-state index is 0.210. The molecule has 0 aliphatic carbocycles. The van der Waals surface area contributed by atoms with Crippen LogP contribution in [0, 0.1) is 6.92 Å². The lowest BCUT2D eigenvalue weighted by atomic mass is 10.1. The van der Waals surface area contributed by atoms with Crippen molar-refractivity contribution in [1.82, 2.24) is 0 Å². The minimum atomic E-state index is -0.210. The summed E-state index contributed by atoms with van der Waals surface area (Å²) in [6.07, 6.45) is 0.748. The van der Waals surface area contributed by atoms with Crippen LogP contribution in [-0.2, 0) is 0 Å². The smallest absolute Gasteiger partial charge is 0.256 e. The number of aldehydes is 1. The number of carbonyl (C=O) groups excluding carboxylic acids is 2. The van der Waals surface area contributed by atoms with Crippen LogP contribution >= 0.6 is 15.9 Å². The molecule has 0 spiro atoms. The van der Waals surface area contributed by atoms with Gasteiger partial charge in [0.2, 0.25) is 0 Å². The van der Waals surface area contributed by atoms with Crippen LogP contribution in [0.4, 0.5) is 5.69 Å². The maximum Gasteiger partial charge on any atom is 0.256 e. The lowest BCUT2D eigenvalue weighted by Gasteiger charge is -2.08. The lowest BCUT2D eigenvalue weighted by molar-refractivity contribution is 0.102. The topological polar surface area (TPSA) is 46.2 Å². The predicted molar refractivity (Wildman–Crippen MR) is 78.7 cm³/mol. The zero-order chi connectivity index (χ0) is 13.8. The zero-order valence-electron chi connectivity index (χ0n) is 10.3. The number of amides is 1. The molecule has 19 heavy (non-hydrogen) atoms. The van der Waals surface area contributed by atoms with E-state index in [1.807, 2.05) is 19.1 Å². The molecule has 0 aromatic heterocycles. The Morgan fingerprint density at radius 2 is 1.95 bits per heavy atom. The molecular weight excluding hydrogens is 306 g/mol. The van der Waals surface area contributed by atoms with Crippen molar-refractivity contribution in [2.75, 3.05) is 5.32 Å². The van der Waals surface area contributed by atoms with E-state index in [0.29, 0.717) is 16.8 Å². The number of anilines is 1. The molecule has 4 heteroatoms. The number of halogens is 1. The van der Waals surface area contributed by atoms with Gasteiger partial charge in [0.15, 0.2) is 0 Å². The molecule has 0 fully saturated rings. The number of aryl methyl sites for hydroxylation is 1. The van der Waals surface area contributed by atoms with Crippen LogP contribution in [0.15, 0.2) is 46.9 Å². The molecular formula is C15H12BrNO2. The number of rotatable bonds is 3. The summed E-state index contributed by atoms with van der Waals surface area (Å²) in [5, 5.41) is 2.77. The minimum Gasteiger partial charge on any atom is -0.322 e. The second kappa shape index (κ2) is 5.80. The van der Waals surface area contributed by atoms with E-state index in [4.69, 9.17) is 0 Å². The van der Waals surface area contributed by atoms with E-state index < -0.39 is 0 Å². The third kappa shape index (κ3) is 3.09. The van der Waals surface area contributed by atoms with Gasteiger partial charge in [-0.2, -0.15) is 0 Å². The van der Waals surface area contributed by atoms with E-state index in [9.17, 15) is 9.59 Å². The summed E-state index contributed by atoms with van der Waals surface area (Å²) in [7, 11) is 0. The maximum absolute atomic E-state index is 12.2. The molecule has 1 N–H and O–H groups in total. The van der Waals surface area contributed by atoms with Crippen molar-refractivity contribution in [3.63, 3.8) is 0 Å². The van der Waals surface area contributed by atoms with Crippen LogP contribution < -0.4 is 5.32 Å². The summed E-state index contributed by atoms with van der Waals surface area (Å²) in [5.74, 6) is -0.210. The summed E-state index contributed by atoms with van der Waals surface area (Å²) in [4.78, 5) is 22.9. The molecule has 0 atom stereocenters. The molecule has 0 radical (unpaired) electrons. The van der Waals surface area contributed by atoms with Crippen molar-refractivity contribution < 1.29 is 9.59 Å². The van der Waals surface area contributed by atoms with E-state index in [1.165, 1.54) is 0 Å². The quantitative estimate of drug-likeness (QED) is 0.875. The van der Waals surface area contributed by atoms with Crippen LogP contribution in [0.2, 0.25) is 0 Å². The Morgan fingerprint density at radius 3 is 2.68 bits per heavy atom. The first kappa shape index (κ1) is 13.5. The Hall–Kier alpha value is -1.94. The second-order valence-corrected chi connectivity index (χ2v) is 4.93. The third-order valence-electron chi connectivity index (χ3n) is 2.72. The monoisotopic (exact) mass is 317 g/mol. The number of hydrogen-bond acceptors (Lipinski definition) is 2. The fraction of sp³-hybridized carbons (Fsp3) is 0.0667. The third-order valence-corrected chi connectivity index (χ3v) is 3.77. The van der Waals surface area contributed by atoms with Gasteiger partial charge in [-0.1, -0.05) is 24.3 Å². The summed E-state index contributed by atoms with van der Waals surface area (Å²) >= 11 is 3.41. The molecule has 0 heterocycles. The van der Waals surface area contributed by atoms with Crippen molar-refractivity contribution in [3.8, 4) is 0 Å². The van der Waals surface area contributed by atoms with Gasteiger partial charge < -0.3 is 5.32 Å². The van der Waals surface area contributed by atoms with Crippen molar-refractivity contribution in [3.05, 3.63) is 63.6 Å². The van der Waals surface area contributed by atoms with Crippen molar-refractivity contribution in [2.45, 2.75) is 6.92 Å². The van der Waals surface area contributed by atoms with Gasteiger partial charge >= 0.3 is 0 Å². The van der Waals surface area contributed by atoms with Crippen LogP contribution in [0.25, 0.3) is 0 Å². The fourth-order valence-corrected chi connectivity index (χ4v) is 2.16. The average Bonchev–Trinajstić information content (AvgIpc) is 2.42. The molecule has 0 aliphatic rings. The van der Waals surface area contributed by atoms with Gasteiger partial charge in [-0.25, -0.2) is 0 Å². The van der Waals surface area contributed by atoms with E-state index in [1.54, 1.807) is 30.3 Å². The first-order valence-corrected chi connectivity index (χ1v) is 6.53. The number of carbonyl (C=O) groups is 2. The first-order chi connectivity index (χ1) is 9.11. The highest BCUT2D eigenvalue weighted by Gasteiger charge is 2.11. The summed E-state index contributed by atoms with van der Waals surface area (Å²) in [5.41, 5.74) is 2.69. The van der Waals surface area contributed by atoms with Gasteiger partial charge in [0, 0.05) is 15.7 Å². The van der Waals surface area contributed by atoms with E-state index in [0.717, 1.165) is 16.3 Å². The van der Waals surface area contributed by atoms with Crippen LogP contribution in [0.5, 0.6) is 0 Å². The molecule has 0 aliphatic heterocycles. The number of hydrogen-bond donors (Lipinski definition) is 1. The van der Waals surface area contributed by atoms with Gasteiger partial charge in [-0.05, 0) is 46.6 Å². The van der Waals surface area contributed by atoms with Gasteiger partial charge in [0.1, 0.15) is 6.29 Å². The van der Waals surface area contributed by atoms with Crippen LogP contribution in [-0.4, -0.2) is 12.2 Å². The lowest BCUT2D eigenvalue weighted by Crippen LogP contribution is -2.13. The van der Waals surface area contributed by atoms with Crippen molar-refractivity contribution in [2.24, 2.45) is 0 Å². The predicted octanol–water partition coefficient (Wildman–Crippen LogP) is 3.82. The Labute approximate surface area is 119 Å². The maximum atomic E-state index is 12.2. The zero-order valence-corrected chi connectivity index (χ0v) is 11.9. The highest BCUT2D eigenvalue weighted by molar-refractivity contribution is 9.10. The molecule has 2 aromatic rings. The van der Waals surface area contributed by atoms with Gasteiger partial charge in [0.05, 0.1) is 5.56 Å². The molecule has 3 nitrogen and oxygen atoms in total. The summed E-state index contributed by atoms with van der Waals surface area (Å²) < 4.78 is 0.777. The van der Waals surface area contributed by atoms with Crippen molar-refractivity contribution >= 4 is 33.8 Å². The molecule has 0 saturated heterocycles. The van der Waals surface area contributed by atoms with E-state index in [2.05, 4.69) is 21.2 Å². The Kier molecular flexibility index (Phi) is 4.12. The molecule has 2 rings (SSSR count). The SMILES string of the molecule is Cc1cccc(C(=O)Nc2cccc(C=O)c2)c1Br. The summed E-state index contributed by atoms with van der Waals surface area (Å²) in [6, 6.07) is 12.3. The second-order valence-electron chi connectivity index (χ2n) is 4.13. The molecule has 2 aromatic carbocycles. The number of nitrogens with one attached hydrogen (secondary N) is 1. The molecule has 1 amide bonds. The average molecular weight is 318 g/mol. The normalized spacial score (nSPS) is 10.0. The van der Waals surface area contributed by atoms with Gasteiger partial charge in [0.25, 0.3) is 5.91 Å². The molecule has 0 saturated carbocycles. The van der Waals surface area contributed by atoms with E-state index in [-0.39, 0.29) is 5.91 Å². The molecule has 96 valence electrons. The highest BCUT2D eigenvalue weighted by Crippen LogP contribution is 2.22. The van der Waals surface area contributed by atoms with Gasteiger partial charge in [-0.3, -0.25) is 9.59 Å². The Morgan fingerprint density at radius 1 is 1.21 bits per heavy atom. The molecule has 0 unspecified atom stereocenters. The van der Waals surface area contributed by atoms with Gasteiger partial charge in [-0.15, -0.1) is 0 Å². The highest BCUT2D eigenvalue weighted by atomic mass is 79.9. The number of benzene rings is 2. The largest absolute Gasteiger partial charge is 0.322 e. The fourth-order valence-electron chi connectivity index (χ4n) is 1.71. The van der Waals surface area contributed by atoms with Crippen LogP contribution in [0.1, 0.15) is 26.3 Å². The van der Waals surface area contributed by atoms with Crippen molar-refractivity contribution in [1.29, 1.82) is 0 Å². The van der Waals surface area contributed by atoms with E-state index >= 15 is 0 Å². The molecule has 0 bridgehead atoms. The first-order valence-electron chi connectivity index (χ1n) is 5.73. The standard InChI is InChI=1S/C15H12BrNO2/c1-10-4-2-7-13(14(10)16)15(19)17-12-6-3-5-11(8-12)9-18/h2-9H,1H3,(H,17,19).